The fourth-order valence-corrected chi connectivity index (χ4v) is 8.42. The fourth-order valence-electron chi connectivity index (χ4n) is 8.42. The molecule has 2 aliphatic rings. The number of nitrogens with zero attached hydrogens (tertiary/aromatic N) is 4. The minimum atomic E-state index is -0.182. The van der Waals surface area contributed by atoms with E-state index in [0.29, 0.717) is 17.5 Å². The Labute approximate surface area is 285 Å². The highest BCUT2D eigenvalue weighted by Crippen LogP contribution is 2.55. The summed E-state index contributed by atoms with van der Waals surface area (Å²) in [6.07, 6.45) is 0. The molecule has 0 fully saturated rings. The van der Waals surface area contributed by atoms with Crippen LogP contribution in [0.15, 0.2) is 133 Å². The highest BCUT2D eigenvalue weighted by Gasteiger charge is 2.43. The van der Waals surface area contributed by atoms with Crippen LogP contribution in [0.5, 0.6) is 0 Å². The van der Waals surface area contributed by atoms with Crippen molar-refractivity contribution in [3.63, 3.8) is 0 Å². The van der Waals surface area contributed by atoms with E-state index in [1.165, 1.54) is 55.3 Å². The summed E-state index contributed by atoms with van der Waals surface area (Å²) in [6, 6.07) is 47.6. The van der Waals surface area contributed by atoms with Crippen molar-refractivity contribution < 1.29 is 0 Å². The maximum atomic E-state index is 5.02. The summed E-state index contributed by atoms with van der Waals surface area (Å²) in [5.41, 5.74) is 14.5. The molecule has 0 N–H and O–H groups in total. The molecule has 0 spiro atoms. The molecule has 0 saturated carbocycles. The molecule has 4 heterocycles. The third-order valence-corrected chi connectivity index (χ3v) is 11.0. The van der Waals surface area contributed by atoms with Crippen LogP contribution in [-0.4, -0.2) is 19.5 Å². The Kier molecular flexibility index (Phi) is 5.65. The molecule has 0 atom stereocenters. The normalized spacial score (nSPS) is 14.9. The van der Waals surface area contributed by atoms with Gasteiger partial charge in [0, 0.05) is 38.3 Å². The van der Waals surface area contributed by atoms with Crippen LogP contribution in [0.1, 0.15) is 49.9 Å². The Morgan fingerprint density at radius 3 is 1.53 bits per heavy atom. The van der Waals surface area contributed by atoms with E-state index in [1.54, 1.807) is 0 Å². The highest BCUT2D eigenvalue weighted by atomic mass is 15.0. The zero-order valence-electron chi connectivity index (χ0n) is 28.0. The van der Waals surface area contributed by atoms with Crippen molar-refractivity contribution in [2.24, 2.45) is 0 Å². The maximum Gasteiger partial charge on any atom is 0.164 e. The minimum absolute atomic E-state index is 0.0955. The lowest BCUT2D eigenvalue weighted by molar-refractivity contribution is 0.594. The van der Waals surface area contributed by atoms with Crippen LogP contribution >= 0.6 is 0 Å². The van der Waals surface area contributed by atoms with Crippen molar-refractivity contribution in [1.82, 2.24) is 19.5 Å². The lowest BCUT2D eigenvalue weighted by Crippen LogP contribution is -2.33. The smallest absolute Gasteiger partial charge is 0.164 e. The average Bonchev–Trinajstić information content (AvgIpc) is 3.48. The second-order valence-electron chi connectivity index (χ2n) is 14.5. The summed E-state index contributed by atoms with van der Waals surface area (Å²) in [6.45, 7) is 9.54. The molecule has 4 heteroatoms. The van der Waals surface area contributed by atoms with Crippen molar-refractivity contribution in [3.8, 4) is 51.0 Å². The molecule has 0 bridgehead atoms. The Hall–Kier alpha value is -5.87. The topological polar surface area (TPSA) is 43.6 Å². The molecule has 234 valence electrons. The number of aromatic nitrogens is 4. The summed E-state index contributed by atoms with van der Waals surface area (Å²) in [5.74, 6) is 1.99. The predicted octanol–water partition coefficient (Wildman–Crippen LogP) is 10.9. The molecular weight excluding hydrogens is 597 g/mol. The molecule has 0 unspecified atom stereocenters. The van der Waals surface area contributed by atoms with Gasteiger partial charge in [-0.3, -0.25) is 0 Å². The van der Waals surface area contributed by atoms with Crippen molar-refractivity contribution >= 4 is 21.8 Å². The lowest BCUT2D eigenvalue weighted by Gasteiger charge is -2.42. The summed E-state index contributed by atoms with van der Waals surface area (Å²) in [7, 11) is 0. The van der Waals surface area contributed by atoms with E-state index in [-0.39, 0.29) is 10.8 Å². The first-order valence-electron chi connectivity index (χ1n) is 17.0. The second-order valence-corrected chi connectivity index (χ2v) is 14.5. The van der Waals surface area contributed by atoms with Crippen LogP contribution in [0.2, 0.25) is 0 Å². The summed E-state index contributed by atoms with van der Waals surface area (Å²) >= 11 is 0. The molecule has 0 aliphatic carbocycles. The average molecular weight is 631 g/mol. The Morgan fingerprint density at radius 2 is 0.878 bits per heavy atom. The molecule has 4 nitrogen and oxygen atoms in total. The van der Waals surface area contributed by atoms with Gasteiger partial charge in [0.05, 0.1) is 16.7 Å². The van der Waals surface area contributed by atoms with Crippen molar-refractivity contribution in [3.05, 3.63) is 156 Å². The van der Waals surface area contributed by atoms with Crippen LogP contribution in [-0.2, 0) is 10.8 Å². The molecule has 0 amide bonds. The number of benzene rings is 6. The van der Waals surface area contributed by atoms with E-state index in [0.717, 1.165) is 22.3 Å². The molecule has 0 radical (unpaired) electrons. The molecule has 2 aromatic heterocycles. The molecule has 6 aromatic carbocycles. The van der Waals surface area contributed by atoms with Crippen molar-refractivity contribution in [1.29, 1.82) is 0 Å². The Bertz CT molecular complexity index is 2590. The standard InChI is InChI=1S/C45H34N4/c1-44(2)34-21-12-20-32-33-25-31(26-37-39(33)49(38(32)34)40-35(44)22-13-23-36(40)45(37,3)4)29-18-11-19-30(24-29)43-47-41(27-14-7-5-8-15-27)46-42(48-43)28-16-9-6-10-17-28/h5-26H,1-4H3. The van der Waals surface area contributed by atoms with Crippen LogP contribution in [0, 0.1) is 0 Å². The lowest BCUT2D eigenvalue weighted by atomic mass is 9.68. The van der Waals surface area contributed by atoms with E-state index >= 15 is 0 Å². The van der Waals surface area contributed by atoms with Gasteiger partial charge in [-0.25, -0.2) is 15.0 Å². The molecule has 0 saturated heterocycles. The SMILES string of the molecule is CC1(C)c2cccc3c2-n2c4c1cccc4c1cc(-c4cccc(-c5nc(-c6ccccc6)nc(-c6ccccc6)n5)c4)cc(c12)C3(C)C. The first-order chi connectivity index (χ1) is 23.8. The number of para-hydroxylation sites is 2. The molecule has 8 aromatic rings. The summed E-state index contributed by atoms with van der Waals surface area (Å²) in [4.78, 5) is 15.0. The van der Waals surface area contributed by atoms with E-state index in [2.05, 4.69) is 105 Å². The third-order valence-electron chi connectivity index (χ3n) is 11.0. The van der Waals surface area contributed by atoms with E-state index in [4.69, 9.17) is 15.0 Å². The highest BCUT2D eigenvalue weighted by molar-refractivity contribution is 6.15. The van der Waals surface area contributed by atoms with Crippen molar-refractivity contribution in [2.75, 3.05) is 0 Å². The zero-order valence-corrected chi connectivity index (χ0v) is 28.0. The minimum Gasteiger partial charge on any atom is -0.308 e. The fraction of sp³-hybridized carbons (Fsp3) is 0.133. The molecule has 2 aliphatic heterocycles. The molecule has 10 rings (SSSR count). The summed E-state index contributed by atoms with van der Waals surface area (Å²) < 4.78 is 2.58. The third kappa shape index (κ3) is 3.89. The van der Waals surface area contributed by atoms with Gasteiger partial charge in [0.1, 0.15) is 0 Å². The second kappa shape index (κ2) is 9.83. The van der Waals surface area contributed by atoms with Gasteiger partial charge in [0.25, 0.3) is 0 Å². The van der Waals surface area contributed by atoms with Gasteiger partial charge in [-0.1, -0.05) is 143 Å². The summed E-state index contributed by atoms with van der Waals surface area (Å²) in [5, 5.41) is 2.62. The quantitative estimate of drug-likeness (QED) is 0.194. The van der Waals surface area contributed by atoms with E-state index in [9.17, 15) is 0 Å². The number of fused-ring (bicyclic) bond motifs is 1. The van der Waals surface area contributed by atoms with Gasteiger partial charge < -0.3 is 4.57 Å². The number of hydrogen-bond donors (Lipinski definition) is 0. The van der Waals surface area contributed by atoms with Gasteiger partial charge >= 0.3 is 0 Å². The van der Waals surface area contributed by atoms with Crippen LogP contribution in [0.3, 0.4) is 0 Å². The number of rotatable bonds is 4. The zero-order chi connectivity index (χ0) is 33.1. The molecule has 49 heavy (non-hydrogen) atoms. The Balaban J connectivity index is 1.20. The van der Waals surface area contributed by atoms with Gasteiger partial charge in [0.15, 0.2) is 17.5 Å². The van der Waals surface area contributed by atoms with Crippen molar-refractivity contribution in [2.45, 2.75) is 38.5 Å². The monoisotopic (exact) mass is 630 g/mol. The van der Waals surface area contributed by atoms with Gasteiger partial charge in [0.2, 0.25) is 0 Å². The van der Waals surface area contributed by atoms with E-state index in [1.807, 2.05) is 60.7 Å². The first-order valence-corrected chi connectivity index (χ1v) is 17.0. The van der Waals surface area contributed by atoms with Gasteiger partial charge in [-0.15, -0.1) is 0 Å². The van der Waals surface area contributed by atoms with E-state index < -0.39 is 0 Å². The predicted molar refractivity (Wildman–Crippen MR) is 200 cm³/mol. The maximum absolute atomic E-state index is 5.02. The Morgan fingerprint density at radius 1 is 0.388 bits per heavy atom. The van der Waals surface area contributed by atoms with Gasteiger partial charge in [-0.2, -0.15) is 0 Å². The van der Waals surface area contributed by atoms with Crippen LogP contribution < -0.4 is 0 Å². The van der Waals surface area contributed by atoms with Crippen LogP contribution in [0.25, 0.3) is 72.8 Å². The largest absolute Gasteiger partial charge is 0.308 e. The number of hydrogen-bond acceptors (Lipinski definition) is 3. The molecular formula is C45H34N4. The van der Waals surface area contributed by atoms with Gasteiger partial charge in [-0.05, 0) is 51.6 Å². The van der Waals surface area contributed by atoms with Crippen LogP contribution in [0.4, 0.5) is 0 Å². The first kappa shape index (κ1) is 28.2.